The SMILES string of the molecule is N#CC(CC1CCCCC1)NCCN=[N+]=[N-]. The predicted octanol–water partition coefficient (Wildman–Crippen LogP) is 2.75. The number of nitriles is 1. The fourth-order valence-corrected chi connectivity index (χ4v) is 2.27. The zero-order chi connectivity index (χ0) is 11.6. The largest absolute Gasteiger partial charge is 0.302 e. The Morgan fingerprint density at radius 3 is 2.81 bits per heavy atom. The van der Waals surface area contributed by atoms with Crippen molar-refractivity contribution in [2.75, 3.05) is 13.1 Å². The number of rotatable bonds is 6. The van der Waals surface area contributed by atoms with Crippen LogP contribution in [-0.2, 0) is 0 Å². The van der Waals surface area contributed by atoms with E-state index in [1.165, 1.54) is 32.1 Å². The van der Waals surface area contributed by atoms with Crippen molar-refractivity contribution >= 4 is 0 Å². The van der Waals surface area contributed by atoms with Crippen LogP contribution in [-0.4, -0.2) is 19.1 Å². The Labute approximate surface area is 96.5 Å². The maximum Gasteiger partial charge on any atom is 0.0955 e. The summed E-state index contributed by atoms with van der Waals surface area (Å²) in [6, 6.07) is 2.19. The summed E-state index contributed by atoms with van der Waals surface area (Å²) in [5, 5.41) is 15.6. The molecule has 1 N–H and O–H groups in total. The molecule has 0 saturated heterocycles. The third kappa shape index (κ3) is 5.01. The molecule has 16 heavy (non-hydrogen) atoms. The van der Waals surface area contributed by atoms with Gasteiger partial charge in [0.05, 0.1) is 12.1 Å². The molecule has 0 amide bonds. The molecule has 1 aliphatic rings. The second-order valence-corrected chi connectivity index (χ2v) is 4.33. The van der Waals surface area contributed by atoms with Gasteiger partial charge < -0.3 is 5.32 Å². The number of nitrogens with one attached hydrogen (secondary N) is 1. The lowest BCUT2D eigenvalue weighted by molar-refractivity contribution is 0.318. The Morgan fingerprint density at radius 2 is 2.19 bits per heavy atom. The third-order valence-corrected chi connectivity index (χ3v) is 3.12. The standard InChI is InChI=1S/C11H19N5/c12-9-11(14-6-7-15-16-13)8-10-4-2-1-3-5-10/h10-11,14H,1-8H2. The van der Waals surface area contributed by atoms with Gasteiger partial charge in [-0.25, -0.2) is 0 Å². The fraction of sp³-hybridized carbons (Fsp3) is 0.909. The average molecular weight is 221 g/mol. The molecule has 0 bridgehead atoms. The van der Waals surface area contributed by atoms with Crippen LogP contribution in [0.25, 0.3) is 10.4 Å². The van der Waals surface area contributed by atoms with Crippen LogP contribution in [0.3, 0.4) is 0 Å². The molecule has 0 aromatic rings. The minimum Gasteiger partial charge on any atom is -0.302 e. The molecule has 1 rings (SSSR count). The molecule has 5 nitrogen and oxygen atoms in total. The highest BCUT2D eigenvalue weighted by Crippen LogP contribution is 2.27. The van der Waals surface area contributed by atoms with Gasteiger partial charge in [-0.1, -0.05) is 37.2 Å². The first kappa shape index (κ1) is 12.8. The van der Waals surface area contributed by atoms with E-state index in [1.807, 2.05) is 0 Å². The minimum absolute atomic E-state index is 0.0861. The highest BCUT2D eigenvalue weighted by molar-refractivity contribution is 4.91. The lowest BCUT2D eigenvalue weighted by Crippen LogP contribution is -2.32. The number of hydrogen-bond donors (Lipinski definition) is 1. The van der Waals surface area contributed by atoms with Gasteiger partial charge in [-0.3, -0.25) is 0 Å². The summed E-state index contributed by atoms with van der Waals surface area (Å²) in [4.78, 5) is 2.68. The predicted molar refractivity (Wildman–Crippen MR) is 62.6 cm³/mol. The van der Waals surface area contributed by atoms with Crippen LogP contribution in [0.4, 0.5) is 0 Å². The van der Waals surface area contributed by atoms with E-state index in [-0.39, 0.29) is 6.04 Å². The smallest absolute Gasteiger partial charge is 0.0955 e. The van der Waals surface area contributed by atoms with Gasteiger partial charge >= 0.3 is 0 Å². The Kier molecular flexibility index (Phi) is 6.39. The first-order valence-electron chi connectivity index (χ1n) is 6.00. The van der Waals surface area contributed by atoms with Crippen molar-refractivity contribution in [3.63, 3.8) is 0 Å². The summed E-state index contributed by atoms with van der Waals surface area (Å²) < 4.78 is 0. The van der Waals surface area contributed by atoms with E-state index < -0.39 is 0 Å². The molecule has 1 aliphatic carbocycles. The van der Waals surface area contributed by atoms with E-state index in [4.69, 9.17) is 10.8 Å². The number of hydrogen-bond acceptors (Lipinski definition) is 3. The average Bonchev–Trinajstić information content (AvgIpc) is 2.34. The van der Waals surface area contributed by atoms with Crippen molar-refractivity contribution in [1.29, 1.82) is 5.26 Å². The lowest BCUT2D eigenvalue weighted by atomic mass is 9.85. The van der Waals surface area contributed by atoms with Crippen LogP contribution in [0.5, 0.6) is 0 Å². The van der Waals surface area contributed by atoms with Crippen molar-refractivity contribution in [3.8, 4) is 6.07 Å². The Balaban J connectivity index is 2.20. The summed E-state index contributed by atoms with van der Waals surface area (Å²) in [6.45, 7) is 1.01. The second kappa shape index (κ2) is 7.98. The van der Waals surface area contributed by atoms with Gasteiger partial charge in [-0.2, -0.15) is 5.26 Å². The molecule has 0 aromatic carbocycles. The van der Waals surface area contributed by atoms with E-state index in [0.717, 1.165) is 6.42 Å². The molecule has 1 saturated carbocycles. The summed E-state index contributed by atoms with van der Waals surface area (Å²) in [5.41, 5.74) is 8.12. The zero-order valence-electron chi connectivity index (χ0n) is 9.60. The van der Waals surface area contributed by atoms with Gasteiger partial charge in [-0.15, -0.1) is 0 Å². The normalized spacial score (nSPS) is 18.4. The van der Waals surface area contributed by atoms with E-state index in [9.17, 15) is 0 Å². The molecular formula is C11H19N5. The summed E-state index contributed by atoms with van der Waals surface area (Å²) >= 11 is 0. The topological polar surface area (TPSA) is 84.6 Å². The molecule has 0 spiro atoms. The van der Waals surface area contributed by atoms with Crippen LogP contribution >= 0.6 is 0 Å². The highest BCUT2D eigenvalue weighted by Gasteiger charge is 2.17. The van der Waals surface area contributed by atoms with E-state index in [1.54, 1.807) is 0 Å². The molecule has 0 aromatic heterocycles. The fourth-order valence-electron chi connectivity index (χ4n) is 2.27. The van der Waals surface area contributed by atoms with E-state index in [0.29, 0.717) is 19.0 Å². The molecule has 1 fully saturated rings. The number of nitrogens with zero attached hydrogens (tertiary/aromatic N) is 4. The van der Waals surface area contributed by atoms with Crippen molar-refractivity contribution in [2.24, 2.45) is 11.0 Å². The van der Waals surface area contributed by atoms with Crippen LogP contribution < -0.4 is 5.32 Å². The first-order chi connectivity index (χ1) is 7.86. The van der Waals surface area contributed by atoms with Gasteiger partial charge in [0.15, 0.2) is 0 Å². The molecule has 1 atom stereocenters. The van der Waals surface area contributed by atoms with Gasteiger partial charge in [0.1, 0.15) is 0 Å². The lowest BCUT2D eigenvalue weighted by Gasteiger charge is -2.23. The van der Waals surface area contributed by atoms with Crippen molar-refractivity contribution in [2.45, 2.75) is 44.6 Å². The molecule has 0 radical (unpaired) electrons. The Morgan fingerprint density at radius 1 is 1.44 bits per heavy atom. The molecule has 0 aliphatic heterocycles. The van der Waals surface area contributed by atoms with Crippen LogP contribution in [0.2, 0.25) is 0 Å². The number of azide groups is 1. The molecular weight excluding hydrogens is 202 g/mol. The summed E-state index contributed by atoms with van der Waals surface area (Å²) in [5.74, 6) is 0.699. The minimum atomic E-state index is -0.0861. The Bertz CT molecular complexity index is 271. The third-order valence-electron chi connectivity index (χ3n) is 3.12. The first-order valence-corrected chi connectivity index (χ1v) is 6.00. The quantitative estimate of drug-likeness (QED) is 0.323. The van der Waals surface area contributed by atoms with Gasteiger partial charge in [0.25, 0.3) is 0 Å². The molecule has 88 valence electrons. The van der Waals surface area contributed by atoms with Crippen molar-refractivity contribution in [3.05, 3.63) is 10.4 Å². The van der Waals surface area contributed by atoms with Gasteiger partial charge in [-0.05, 0) is 17.9 Å². The van der Waals surface area contributed by atoms with Crippen molar-refractivity contribution in [1.82, 2.24) is 5.32 Å². The monoisotopic (exact) mass is 221 g/mol. The summed E-state index contributed by atoms with van der Waals surface area (Å²) in [6.07, 6.45) is 7.42. The van der Waals surface area contributed by atoms with E-state index >= 15 is 0 Å². The zero-order valence-corrected chi connectivity index (χ0v) is 9.60. The Hall–Kier alpha value is -1.24. The summed E-state index contributed by atoms with van der Waals surface area (Å²) in [7, 11) is 0. The molecule has 1 unspecified atom stereocenters. The highest BCUT2D eigenvalue weighted by atomic mass is 15.1. The van der Waals surface area contributed by atoms with Crippen LogP contribution in [0.1, 0.15) is 38.5 Å². The van der Waals surface area contributed by atoms with Gasteiger partial charge in [0, 0.05) is 18.0 Å². The van der Waals surface area contributed by atoms with Crippen LogP contribution in [0, 0.1) is 17.2 Å². The second-order valence-electron chi connectivity index (χ2n) is 4.33. The van der Waals surface area contributed by atoms with Crippen LogP contribution in [0.15, 0.2) is 5.11 Å². The van der Waals surface area contributed by atoms with Crippen molar-refractivity contribution < 1.29 is 0 Å². The maximum absolute atomic E-state index is 9.00. The van der Waals surface area contributed by atoms with Gasteiger partial charge in [0.2, 0.25) is 0 Å². The maximum atomic E-state index is 9.00. The molecule has 0 heterocycles. The molecule has 5 heteroatoms. The van der Waals surface area contributed by atoms with E-state index in [2.05, 4.69) is 21.4 Å².